The monoisotopic (exact) mass is 410 g/mol. The van der Waals surface area contributed by atoms with Gasteiger partial charge in [0, 0.05) is 19.0 Å². The molecule has 1 aliphatic carbocycles. The number of ether oxygens (including phenoxy) is 1. The predicted molar refractivity (Wildman–Crippen MR) is 113 cm³/mol. The number of rotatable bonds is 7. The fraction of sp³-hybridized carbons (Fsp3) is 0.524. The first-order valence-electron chi connectivity index (χ1n) is 9.72. The van der Waals surface area contributed by atoms with Crippen LogP contribution >= 0.6 is 11.9 Å². The lowest BCUT2D eigenvalue weighted by molar-refractivity contribution is -0.142. The molecule has 0 saturated carbocycles. The highest BCUT2D eigenvalue weighted by molar-refractivity contribution is 8.01. The zero-order valence-electron chi connectivity index (χ0n) is 17.3. The molecular formula is C21H31FN2O3S. The topological polar surface area (TPSA) is 67.4 Å². The van der Waals surface area contributed by atoms with E-state index in [1.807, 2.05) is 33.8 Å². The van der Waals surface area contributed by atoms with Gasteiger partial charge < -0.3 is 14.8 Å². The van der Waals surface area contributed by atoms with Gasteiger partial charge >= 0.3 is 5.97 Å². The van der Waals surface area contributed by atoms with Crippen LogP contribution in [-0.4, -0.2) is 23.2 Å². The summed E-state index contributed by atoms with van der Waals surface area (Å²) < 4.78 is 22.6. The fourth-order valence-corrected chi connectivity index (χ4v) is 3.62. The van der Waals surface area contributed by atoms with Gasteiger partial charge in [0.05, 0.1) is 17.0 Å². The lowest BCUT2D eigenvalue weighted by Gasteiger charge is -2.23. The third-order valence-corrected chi connectivity index (χ3v) is 4.96. The maximum atomic E-state index is 14.3. The number of allylic oxidation sites excluding steroid dienone is 1. The van der Waals surface area contributed by atoms with Crippen molar-refractivity contribution < 1.29 is 18.7 Å². The van der Waals surface area contributed by atoms with E-state index in [4.69, 9.17) is 4.74 Å². The molecule has 7 heteroatoms. The number of nitrogens with one attached hydrogen (secondary N) is 2. The summed E-state index contributed by atoms with van der Waals surface area (Å²) in [6, 6.07) is 4.79. The van der Waals surface area contributed by atoms with Crippen LogP contribution < -0.4 is 10.0 Å². The van der Waals surface area contributed by atoms with Crippen LogP contribution in [0.15, 0.2) is 29.8 Å². The molecule has 0 bridgehead atoms. The van der Waals surface area contributed by atoms with Crippen LogP contribution in [0.25, 0.3) is 0 Å². The van der Waals surface area contributed by atoms with Crippen molar-refractivity contribution in [3.05, 3.63) is 41.2 Å². The smallest absolute Gasteiger partial charge is 0.335 e. The van der Waals surface area contributed by atoms with E-state index in [0.717, 1.165) is 19.3 Å². The maximum absolute atomic E-state index is 14.3. The third kappa shape index (κ3) is 7.92. The number of anilines is 1. The Balaban J connectivity index is 0.00000190. The second kappa shape index (κ2) is 12.4. The molecular weight excluding hydrogens is 379 g/mol. The number of hydrogen-bond donors (Lipinski definition) is 2. The Hall–Kier alpha value is -2.02. The van der Waals surface area contributed by atoms with E-state index in [1.54, 1.807) is 12.1 Å². The molecule has 1 atom stereocenters. The largest absolute Gasteiger partial charge is 0.460 e. The summed E-state index contributed by atoms with van der Waals surface area (Å²) >= 11 is 1.32. The van der Waals surface area contributed by atoms with E-state index in [9.17, 15) is 14.0 Å². The Morgan fingerprint density at radius 1 is 1.32 bits per heavy atom. The second-order valence-electron chi connectivity index (χ2n) is 6.48. The predicted octanol–water partition coefficient (Wildman–Crippen LogP) is 4.98. The minimum atomic E-state index is -0.397. The lowest BCUT2D eigenvalue weighted by Crippen LogP contribution is -2.24. The molecule has 0 aromatic heterocycles. The molecule has 5 nitrogen and oxygen atoms in total. The molecule has 1 amide bonds. The SMILES string of the molecule is CC.CC(=O)NCc1ccc(NSC2CCCC=C2C(=O)OC(C)C)c(F)c1. The number of carbonyl (C=O) groups excluding carboxylic acids is 2. The number of amides is 1. The first-order valence-corrected chi connectivity index (χ1v) is 10.6. The zero-order valence-corrected chi connectivity index (χ0v) is 18.1. The summed E-state index contributed by atoms with van der Waals surface area (Å²) in [6.07, 6.45) is 4.42. The first-order chi connectivity index (χ1) is 13.4. The molecule has 28 heavy (non-hydrogen) atoms. The highest BCUT2D eigenvalue weighted by Crippen LogP contribution is 2.32. The van der Waals surface area contributed by atoms with Gasteiger partial charge in [-0.15, -0.1) is 0 Å². The molecule has 1 aromatic carbocycles. The van der Waals surface area contributed by atoms with Crippen LogP contribution in [0.5, 0.6) is 0 Å². The third-order valence-electron chi connectivity index (χ3n) is 3.85. The molecule has 1 aliphatic rings. The van der Waals surface area contributed by atoms with Crippen LogP contribution in [0.2, 0.25) is 0 Å². The van der Waals surface area contributed by atoms with Gasteiger partial charge in [-0.1, -0.05) is 26.0 Å². The quantitative estimate of drug-likeness (QED) is 0.490. The van der Waals surface area contributed by atoms with Crippen molar-refractivity contribution in [2.75, 3.05) is 4.72 Å². The number of halogens is 1. The van der Waals surface area contributed by atoms with Crippen LogP contribution in [-0.2, 0) is 20.9 Å². The lowest BCUT2D eigenvalue weighted by atomic mass is 9.99. The Morgan fingerprint density at radius 2 is 2.04 bits per heavy atom. The molecule has 1 aromatic rings. The highest BCUT2D eigenvalue weighted by atomic mass is 32.2. The van der Waals surface area contributed by atoms with Crippen molar-refractivity contribution in [3.8, 4) is 0 Å². The Kier molecular flexibility index (Phi) is 10.7. The molecule has 156 valence electrons. The Labute approximate surface area is 171 Å². The standard InChI is InChI=1S/C19H25FN2O3S.C2H6/c1-12(2)25-19(24)15-6-4-5-7-18(15)26-22-17-9-8-14(10-16(17)20)11-21-13(3)23;1-2/h6,8-10,12,18,22H,4-5,7,11H2,1-3H3,(H,21,23);1-2H3. The second-order valence-corrected chi connectivity index (χ2v) is 7.49. The van der Waals surface area contributed by atoms with Crippen molar-refractivity contribution in [2.24, 2.45) is 0 Å². The van der Waals surface area contributed by atoms with Crippen LogP contribution in [0.1, 0.15) is 59.4 Å². The summed E-state index contributed by atoms with van der Waals surface area (Å²) in [5.74, 6) is -0.857. The van der Waals surface area contributed by atoms with E-state index in [-0.39, 0.29) is 29.8 Å². The summed E-state index contributed by atoms with van der Waals surface area (Å²) in [7, 11) is 0. The van der Waals surface area contributed by atoms with Crippen LogP contribution in [0.3, 0.4) is 0 Å². The van der Waals surface area contributed by atoms with Gasteiger partial charge in [0.15, 0.2) is 0 Å². The molecule has 0 radical (unpaired) electrons. The van der Waals surface area contributed by atoms with Gasteiger partial charge in [-0.2, -0.15) is 0 Å². The van der Waals surface area contributed by atoms with Gasteiger partial charge in [-0.3, -0.25) is 4.79 Å². The molecule has 0 aliphatic heterocycles. The van der Waals surface area contributed by atoms with E-state index in [1.165, 1.54) is 24.9 Å². The fourth-order valence-electron chi connectivity index (χ4n) is 2.58. The number of carbonyl (C=O) groups is 2. The Bertz CT molecular complexity index is 692. The molecule has 0 saturated heterocycles. The van der Waals surface area contributed by atoms with Gasteiger partial charge in [0.2, 0.25) is 5.91 Å². The molecule has 0 fully saturated rings. The summed E-state index contributed by atoms with van der Waals surface area (Å²) in [4.78, 5) is 23.2. The van der Waals surface area contributed by atoms with Crippen molar-refractivity contribution in [1.82, 2.24) is 5.32 Å². The summed E-state index contributed by atoms with van der Waals surface area (Å²) in [5, 5.41) is 2.56. The van der Waals surface area contributed by atoms with E-state index < -0.39 is 5.82 Å². The minimum absolute atomic E-state index is 0.0755. The zero-order chi connectivity index (χ0) is 21.1. The minimum Gasteiger partial charge on any atom is -0.460 e. The van der Waals surface area contributed by atoms with E-state index >= 15 is 0 Å². The van der Waals surface area contributed by atoms with Crippen molar-refractivity contribution in [1.29, 1.82) is 0 Å². The number of benzene rings is 1. The van der Waals surface area contributed by atoms with Crippen molar-refractivity contribution in [2.45, 2.75) is 71.8 Å². The van der Waals surface area contributed by atoms with Crippen molar-refractivity contribution in [3.63, 3.8) is 0 Å². The van der Waals surface area contributed by atoms with Gasteiger partial charge in [0.1, 0.15) is 5.82 Å². The van der Waals surface area contributed by atoms with E-state index in [0.29, 0.717) is 16.8 Å². The molecule has 0 spiro atoms. The number of esters is 1. The number of hydrogen-bond acceptors (Lipinski definition) is 5. The molecule has 2 N–H and O–H groups in total. The summed E-state index contributed by atoms with van der Waals surface area (Å²) in [5.41, 5.74) is 1.68. The highest BCUT2D eigenvalue weighted by Gasteiger charge is 2.26. The Morgan fingerprint density at radius 3 is 2.64 bits per heavy atom. The molecule has 0 heterocycles. The normalized spacial score (nSPS) is 15.8. The van der Waals surface area contributed by atoms with Crippen LogP contribution in [0, 0.1) is 5.82 Å². The van der Waals surface area contributed by atoms with Crippen molar-refractivity contribution >= 4 is 29.5 Å². The van der Waals surface area contributed by atoms with Gasteiger partial charge in [-0.05, 0) is 62.8 Å². The van der Waals surface area contributed by atoms with E-state index in [2.05, 4.69) is 10.0 Å². The first kappa shape index (κ1) is 24.0. The average Bonchev–Trinajstić information content (AvgIpc) is 2.67. The summed E-state index contributed by atoms with van der Waals surface area (Å²) in [6.45, 7) is 9.35. The average molecular weight is 411 g/mol. The molecule has 1 unspecified atom stereocenters. The maximum Gasteiger partial charge on any atom is 0.335 e. The molecule has 2 rings (SSSR count). The van der Waals surface area contributed by atoms with Gasteiger partial charge in [-0.25, -0.2) is 9.18 Å². The van der Waals surface area contributed by atoms with Crippen LogP contribution in [0.4, 0.5) is 10.1 Å². The van der Waals surface area contributed by atoms with Gasteiger partial charge in [0.25, 0.3) is 0 Å².